The first kappa shape index (κ1) is 5.03. The van der Waals surface area contributed by atoms with Gasteiger partial charge in [-0.2, -0.15) is 0 Å². The van der Waals surface area contributed by atoms with Gasteiger partial charge in [-0.15, -0.1) is 0 Å². The van der Waals surface area contributed by atoms with Crippen LogP contribution in [0.2, 0.25) is 0 Å². The minimum atomic E-state index is 0.625. The van der Waals surface area contributed by atoms with Gasteiger partial charge >= 0.3 is 0 Å². The Morgan fingerprint density at radius 3 is 3.00 bits per heavy atom. The number of hydrogen-bond acceptors (Lipinski definition) is 2. The predicted molar refractivity (Wildman–Crippen MR) is 33.0 cm³/mol. The van der Waals surface area contributed by atoms with E-state index in [0.717, 1.165) is 11.8 Å². The summed E-state index contributed by atoms with van der Waals surface area (Å²) in [6.07, 6.45) is 4.60. The van der Waals surface area contributed by atoms with Crippen molar-refractivity contribution in [2.24, 2.45) is 5.92 Å². The molecule has 1 aromatic heterocycles. The van der Waals surface area contributed by atoms with Gasteiger partial charge in [0.1, 0.15) is 6.26 Å². The van der Waals surface area contributed by atoms with Gasteiger partial charge in [0.15, 0.2) is 5.89 Å². The topological polar surface area (TPSA) is 26.0 Å². The summed E-state index contributed by atoms with van der Waals surface area (Å²) in [7, 11) is 0. The molecule has 0 N–H and O–H groups in total. The van der Waals surface area contributed by atoms with Gasteiger partial charge in [-0.3, -0.25) is 0 Å². The molecule has 0 amide bonds. The molecule has 1 aliphatic rings. The normalized spacial score (nSPS) is 32.6. The zero-order chi connectivity index (χ0) is 6.27. The molecule has 2 nitrogen and oxygen atoms in total. The Kier molecular flexibility index (Phi) is 0.891. The van der Waals surface area contributed by atoms with E-state index in [1.165, 1.54) is 6.42 Å². The molecule has 0 aromatic carbocycles. The highest BCUT2D eigenvalue weighted by atomic mass is 16.3. The Balaban J connectivity index is 2.18. The molecule has 1 saturated carbocycles. The number of oxazole rings is 1. The molecule has 0 spiro atoms. The molecule has 0 radical (unpaired) electrons. The lowest BCUT2D eigenvalue weighted by Gasteiger charge is -1.84. The Hall–Kier alpha value is -0.790. The summed E-state index contributed by atoms with van der Waals surface area (Å²) in [6, 6.07) is 0. The molecule has 2 rings (SSSR count). The van der Waals surface area contributed by atoms with E-state index < -0.39 is 0 Å². The van der Waals surface area contributed by atoms with Crippen LogP contribution in [0, 0.1) is 5.92 Å². The number of rotatable bonds is 1. The van der Waals surface area contributed by atoms with Crippen molar-refractivity contribution in [2.75, 3.05) is 0 Å². The van der Waals surface area contributed by atoms with Gasteiger partial charge < -0.3 is 4.42 Å². The smallest absolute Gasteiger partial charge is 0.197 e. The van der Waals surface area contributed by atoms with Crippen LogP contribution in [0.1, 0.15) is 25.2 Å². The second-order valence-electron chi connectivity index (χ2n) is 2.69. The molecule has 2 atom stereocenters. The Morgan fingerprint density at radius 1 is 1.78 bits per heavy atom. The van der Waals surface area contributed by atoms with Crippen LogP contribution >= 0.6 is 0 Å². The molecular weight excluding hydrogens is 114 g/mol. The molecule has 1 heterocycles. The SMILES string of the molecule is C[C@@H]1C[C@H]1c1ncco1. The molecule has 1 aromatic rings. The summed E-state index contributed by atoms with van der Waals surface area (Å²) >= 11 is 0. The highest BCUT2D eigenvalue weighted by Crippen LogP contribution is 2.45. The standard InChI is InChI=1S/C7H9NO/c1-5-4-6(5)7-8-2-3-9-7/h2-3,5-6H,4H2,1H3/t5-,6-/m1/s1. The average molecular weight is 123 g/mol. The maximum Gasteiger partial charge on any atom is 0.197 e. The van der Waals surface area contributed by atoms with Crippen LogP contribution in [-0.4, -0.2) is 4.98 Å². The van der Waals surface area contributed by atoms with Gasteiger partial charge in [0, 0.05) is 5.92 Å². The van der Waals surface area contributed by atoms with Gasteiger partial charge in [0.05, 0.1) is 6.20 Å². The molecule has 0 aliphatic heterocycles. The quantitative estimate of drug-likeness (QED) is 0.569. The second-order valence-corrected chi connectivity index (χ2v) is 2.69. The van der Waals surface area contributed by atoms with E-state index in [1.54, 1.807) is 12.5 Å². The molecule has 1 aliphatic carbocycles. The first-order valence-corrected chi connectivity index (χ1v) is 3.27. The minimum absolute atomic E-state index is 0.625. The maximum absolute atomic E-state index is 5.12. The van der Waals surface area contributed by atoms with E-state index in [2.05, 4.69) is 11.9 Å². The van der Waals surface area contributed by atoms with Gasteiger partial charge in [-0.1, -0.05) is 6.92 Å². The highest BCUT2D eigenvalue weighted by molar-refractivity contribution is 5.04. The molecule has 0 unspecified atom stereocenters. The van der Waals surface area contributed by atoms with Crippen molar-refractivity contribution in [1.82, 2.24) is 4.98 Å². The van der Waals surface area contributed by atoms with E-state index in [0.29, 0.717) is 5.92 Å². The minimum Gasteiger partial charge on any atom is -0.449 e. The molecular formula is C7H9NO. The van der Waals surface area contributed by atoms with Crippen LogP contribution < -0.4 is 0 Å². The van der Waals surface area contributed by atoms with Crippen molar-refractivity contribution in [3.8, 4) is 0 Å². The molecule has 0 bridgehead atoms. The van der Waals surface area contributed by atoms with E-state index in [1.807, 2.05) is 0 Å². The van der Waals surface area contributed by atoms with Crippen LogP contribution in [0.5, 0.6) is 0 Å². The van der Waals surface area contributed by atoms with E-state index in [9.17, 15) is 0 Å². The largest absolute Gasteiger partial charge is 0.449 e. The fourth-order valence-electron chi connectivity index (χ4n) is 1.08. The predicted octanol–water partition coefficient (Wildman–Crippen LogP) is 1.80. The van der Waals surface area contributed by atoms with Crippen molar-refractivity contribution in [3.63, 3.8) is 0 Å². The van der Waals surface area contributed by atoms with Crippen molar-refractivity contribution in [2.45, 2.75) is 19.3 Å². The van der Waals surface area contributed by atoms with Crippen LogP contribution in [-0.2, 0) is 0 Å². The fourth-order valence-corrected chi connectivity index (χ4v) is 1.08. The zero-order valence-corrected chi connectivity index (χ0v) is 5.37. The van der Waals surface area contributed by atoms with Crippen LogP contribution in [0.3, 0.4) is 0 Å². The van der Waals surface area contributed by atoms with Crippen molar-refractivity contribution in [1.29, 1.82) is 0 Å². The zero-order valence-electron chi connectivity index (χ0n) is 5.37. The third-order valence-corrected chi connectivity index (χ3v) is 1.88. The second kappa shape index (κ2) is 1.59. The van der Waals surface area contributed by atoms with Gasteiger partial charge in [-0.25, -0.2) is 4.98 Å². The first-order valence-electron chi connectivity index (χ1n) is 3.27. The molecule has 48 valence electrons. The lowest BCUT2D eigenvalue weighted by Crippen LogP contribution is -1.77. The molecule has 1 fully saturated rings. The van der Waals surface area contributed by atoms with Crippen LogP contribution in [0.25, 0.3) is 0 Å². The Morgan fingerprint density at radius 2 is 2.56 bits per heavy atom. The average Bonchev–Trinajstić information content (AvgIpc) is 2.44. The number of aromatic nitrogens is 1. The van der Waals surface area contributed by atoms with E-state index in [4.69, 9.17) is 4.42 Å². The molecule has 2 heteroatoms. The first-order chi connectivity index (χ1) is 4.38. The molecule has 9 heavy (non-hydrogen) atoms. The molecule has 0 saturated heterocycles. The summed E-state index contributed by atoms with van der Waals surface area (Å²) in [4.78, 5) is 4.06. The third-order valence-electron chi connectivity index (χ3n) is 1.88. The van der Waals surface area contributed by atoms with Crippen LogP contribution in [0.4, 0.5) is 0 Å². The van der Waals surface area contributed by atoms with E-state index >= 15 is 0 Å². The maximum atomic E-state index is 5.12. The highest BCUT2D eigenvalue weighted by Gasteiger charge is 2.37. The van der Waals surface area contributed by atoms with Crippen molar-refractivity contribution >= 4 is 0 Å². The summed E-state index contributed by atoms with van der Waals surface area (Å²) in [5.74, 6) is 2.34. The number of hydrogen-bond donors (Lipinski definition) is 0. The van der Waals surface area contributed by atoms with Crippen molar-refractivity contribution in [3.05, 3.63) is 18.4 Å². The summed E-state index contributed by atoms with van der Waals surface area (Å²) in [5.41, 5.74) is 0. The number of nitrogens with zero attached hydrogens (tertiary/aromatic N) is 1. The lowest BCUT2D eigenvalue weighted by molar-refractivity contribution is 0.491. The lowest BCUT2D eigenvalue weighted by atomic mass is 10.3. The summed E-state index contributed by atoms with van der Waals surface area (Å²) in [5, 5.41) is 0. The van der Waals surface area contributed by atoms with Gasteiger partial charge in [0.2, 0.25) is 0 Å². The Bertz CT molecular complexity index is 193. The monoisotopic (exact) mass is 123 g/mol. The Labute approximate surface area is 53.9 Å². The van der Waals surface area contributed by atoms with E-state index in [-0.39, 0.29) is 0 Å². The fraction of sp³-hybridized carbons (Fsp3) is 0.571. The third kappa shape index (κ3) is 0.745. The van der Waals surface area contributed by atoms with Gasteiger partial charge in [-0.05, 0) is 12.3 Å². The van der Waals surface area contributed by atoms with Crippen LogP contribution in [0.15, 0.2) is 16.9 Å². The van der Waals surface area contributed by atoms with Crippen molar-refractivity contribution < 1.29 is 4.42 Å². The van der Waals surface area contributed by atoms with Gasteiger partial charge in [0.25, 0.3) is 0 Å². The summed E-state index contributed by atoms with van der Waals surface area (Å²) < 4.78 is 5.12. The summed E-state index contributed by atoms with van der Waals surface area (Å²) in [6.45, 7) is 2.22.